The summed E-state index contributed by atoms with van der Waals surface area (Å²) in [4.78, 5) is 24.4. The van der Waals surface area contributed by atoms with E-state index in [4.69, 9.17) is 9.84 Å². The Morgan fingerprint density at radius 1 is 1.40 bits per heavy atom. The van der Waals surface area contributed by atoms with Crippen LogP contribution < -0.4 is 4.74 Å². The standard InChI is InChI=1S/C15H21NO4/c1-4-11(2)9-16(3)15(19)12-6-5-7-13(8-12)20-10-14(17)18/h5-8,11H,4,9-10H2,1-3H3,(H,17,18). The Morgan fingerprint density at radius 2 is 2.10 bits per heavy atom. The summed E-state index contributed by atoms with van der Waals surface area (Å²) in [7, 11) is 1.76. The lowest BCUT2D eigenvalue weighted by Crippen LogP contribution is -2.30. The molecule has 1 aromatic carbocycles. The Morgan fingerprint density at radius 3 is 2.70 bits per heavy atom. The number of hydrogen-bond acceptors (Lipinski definition) is 3. The van der Waals surface area contributed by atoms with Crippen molar-refractivity contribution in [3.8, 4) is 5.75 Å². The van der Waals surface area contributed by atoms with E-state index in [9.17, 15) is 9.59 Å². The predicted octanol–water partition coefficient (Wildman–Crippen LogP) is 2.27. The van der Waals surface area contributed by atoms with E-state index >= 15 is 0 Å². The largest absolute Gasteiger partial charge is 0.482 e. The third-order valence-electron chi connectivity index (χ3n) is 3.07. The quantitative estimate of drug-likeness (QED) is 0.831. The van der Waals surface area contributed by atoms with Gasteiger partial charge in [0, 0.05) is 19.2 Å². The molecule has 1 N–H and O–H groups in total. The average Bonchev–Trinajstić information content (AvgIpc) is 2.44. The molecule has 1 aromatic rings. The van der Waals surface area contributed by atoms with Crippen LogP contribution in [0.25, 0.3) is 0 Å². The molecule has 0 saturated carbocycles. The van der Waals surface area contributed by atoms with Crippen molar-refractivity contribution in [2.45, 2.75) is 20.3 Å². The van der Waals surface area contributed by atoms with Gasteiger partial charge in [0.15, 0.2) is 6.61 Å². The summed E-state index contributed by atoms with van der Waals surface area (Å²) in [5, 5.41) is 8.57. The van der Waals surface area contributed by atoms with Crippen molar-refractivity contribution < 1.29 is 19.4 Å². The molecule has 0 aliphatic heterocycles. The molecular formula is C15H21NO4. The number of carboxylic acid groups (broad SMARTS) is 1. The van der Waals surface area contributed by atoms with Crippen LogP contribution in [0.15, 0.2) is 24.3 Å². The monoisotopic (exact) mass is 279 g/mol. The van der Waals surface area contributed by atoms with Crippen LogP contribution in [0.1, 0.15) is 30.6 Å². The van der Waals surface area contributed by atoms with Gasteiger partial charge in [0.2, 0.25) is 0 Å². The zero-order valence-electron chi connectivity index (χ0n) is 12.1. The van der Waals surface area contributed by atoms with Gasteiger partial charge in [0.25, 0.3) is 5.91 Å². The van der Waals surface area contributed by atoms with Crippen molar-refractivity contribution in [3.05, 3.63) is 29.8 Å². The maximum Gasteiger partial charge on any atom is 0.341 e. The van der Waals surface area contributed by atoms with Gasteiger partial charge in [-0.25, -0.2) is 4.79 Å². The van der Waals surface area contributed by atoms with Crippen LogP contribution in [-0.4, -0.2) is 42.1 Å². The number of aliphatic carboxylic acids is 1. The summed E-state index contributed by atoms with van der Waals surface area (Å²) in [6.07, 6.45) is 1.01. The number of carboxylic acids is 1. The van der Waals surface area contributed by atoms with Crippen LogP contribution in [-0.2, 0) is 4.79 Å². The number of hydrogen-bond donors (Lipinski definition) is 1. The molecule has 0 heterocycles. The highest BCUT2D eigenvalue weighted by atomic mass is 16.5. The molecule has 1 rings (SSSR count). The maximum absolute atomic E-state index is 12.2. The van der Waals surface area contributed by atoms with E-state index in [0.717, 1.165) is 6.42 Å². The van der Waals surface area contributed by atoms with Gasteiger partial charge in [0.1, 0.15) is 5.75 Å². The van der Waals surface area contributed by atoms with Gasteiger partial charge in [-0.2, -0.15) is 0 Å². The Balaban J connectivity index is 2.72. The lowest BCUT2D eigenvalue weighted by Gasteiger charge is -2.21. The Labute approximate surface area is 119 Å². The van der Waals surface area contributed by atoms with Crippen molar-refractivity contribution in [1.82, 2.24) is 4.90 Å². The molecule has 20 heavy (non-hydrogen) atoms. The highest BCUT2D eigenvalue weighted by Crippen LogP contribution is 2.15. The second kappa shape index (κ2) is 7.53. The van der Waals surface area contributed by atoms with Gasteiger partial charge in [-0.05, 0) is 24.1 Å². The number of carbonyl (C=O) groups is 2. The van der Waals surface area contributed by atoms with Crippen LogP contribution in [0.3, 0.4) is 0 Å². The summed E-state index contributed by atoms with van der Waals surface area (Å²) in [5.41, 5.74) is 0.499. The van der Waals surface area contributed by atoms with E-state index < -0.39 is 12.6 Å². The van der Waals surface area contributed by atoms with Crippen molar-refractivity contribution in [3.63, 3.8) is 0 Å². The summed E-state index contributed by atoms with van der Waals surface area (Å²) in [5.74, 6) is -0.313. The van der Waals surface area contributed by atoms with Gasteiger partial charge in [-0.1, -0.05) is 26.3 Å². The summed E-state index contributed by atoms with van der Waals surface area (Å²) in [6.45, 7) is 4.45. The molecule has 0 aromatic heterocycles. The van der Waals surface area contributed by atoms with Crippen molar-refractivity contribution >= 4 is 11.9 Å². The van der Waals surface area contributed by atoms with E-state index in [0.29, 0.717) is 23.8 Å². The van der Waals surface area contributed by atoms with E-state index in [2.05, 4.69) is 13.8 Å². The van der Waals surface area contributed by atoms with Gasteiger partial charge < -0.3 is 14.7 Å². The normalized spacial score (nSPS) is 11.8. The number of nitrogens with zero attached hydrogens (tertiary/aromatic N) is 1. The molecule has 0 aliphatic rings. The van der Waals surface area contributed by atoms with Crippen molar-refractivity contribution in [1.29, 1.82) is 0 Å². The molecule has 0 aliphatic carbocycles. The number of carbonyl (C=O) groups excluding carboxylic acids is 1. The molecule has 0 spiro atoms. The summed E-state index contributed by atoms with van der Waals surface area (Å²) < 4.78 is 5.07. The fraction of sp³-hybridized carbons (Fsp3) is 0.467. The molecule has 1 unspecified atom stereocenters. The molecule has 0 bridgehead atoms. The Bertz CT molecular complexity index is 473. The topological polar surface area (TPSA) is 66.8 Å². The molecule has 0 fully saturated rings. The highest BCUT2D eigenvalue weighted by Gasteiger charge is 2.14. The number of rotatable bonds is 7. The fourth-order valence-corrected chi connectivity index (χ4v) is 1.76. The fourth-order valence-electron chi connectivity index (χ4n) is 1.76. The van der Waals surface area contributed by atoms with Crippen LogP contribution in [0.2, 0.25) is 0 Å². The Kier molecular flexibility index (Phi) is 6.03. The van der Waals surface area contributed by atoms with E-state index in [1.165, 1.54) is 0 Å². The van der Waals surface area contributed by atoms with Crippen LogP contribution in [0.4, 0.5) is 0 Å². The second-order valence-corrected chi connectivity index (χ2v) is 4.91. The first kappa shape index (κ1) is 16.0. The summed E-state index contributed by atoms with van der Waals surface area (Å²) >= 11 is 0. The third kappa shape index (κ3) is 4.91. The highest BCUT2D eigenvalue weighted by molar-refractivity contribution is 5.94. The first-order chi connectivity index (χ1) is 9.43. The molecular weight excluding hydrogens is 258 g/mol. The molecule has 1 amide bonds. The number of benzene rings is 1. The van der Waals surface area contributed by atoms with Gasteiger partial charge in [-0.3, -0.25) is 4.79 Å². The molecule has 5 heteroatoms. The smallest absolute Gasteiger partial charge is 0.341 e. The predicted molar refractivity (Wildman–Crippen MR) is 76.0 cm³/mol. The molecule has 0 saturated heterocycles. The minimum Gasteiger partial charge on any atom is -0.482 e. The lowest BCUT2D eigenvalue weighted by molar-refractivity contribution is -0.139. The minimum absolute atomic E-state index is 0.0916. The van der Waals surface area contributed by atoms with E-state index in [1.54, 1.807) is 36.2 Å². The maximum atomic E-state index is 12.2. The van der Waals surface area contributed by atoms with Crippen LogP contribution in [0.5, 0.6) is 5.75 Å². The van der Waals surface area contributed by atoms with Crippen molar-refractivity contribution in [2.24, 2.45) is 5.92 Å². The lowest BCUT2D eigenvalue weighted by atomic mass is 10.1. The number of ether oxygens (including phenoxy) is 1. The second-order valence-electron chi connectivity index (χ2n) is 4.91. The molecule has 5 nitrogen and oxygen atoms in total. The summed E-state index contributed by atoms with van der Waals surface area (Å²) in [6, 6.07) is 6.58. The van der Waals surface area contributed by atoms with Crippen LogP contribution in [0, 0.1) is 5.92 Å². The van der Waals surface area contributed by atoms with E-state index in [-0.39, 0.29) is 5.91 Å². The average molecular weight is 279 g/mol. The first-order valence-electron chi connectivity index (χ1n) is 6.64. The Hall–Kier alpha value is -2.04. The molecule has 110 valence electrons. The number of amides is 1. The van der Waals surface area contributed by atoms with Crippen molar-refractivity contribution in [2.75, 3.05) is 20.2 Å². The zero-order chi connectivity index (χ0) is 15.1. The molecule has 1 atom stereocenters. The third-order valence-corrected chi connectivity index (χ3v) is 3.07. The molecule has 0 radical (unpaired) electrons. The van der Waals surface area contributed by atoms with E-state index in [1.807, 2.05) is 0 Å². The van der Waals surface area contributed by atoms with Gasteiger partial charge in [0.05, 0.1) is 0 Å². The SMILES string of the molecule is CCC(C)CN(C)C(=O)c1cccc(OCC(=O)O)c1. The van der Waals surface area contributed by atoms with Crippen LogP contribution >= 0.6 is 0 Å². The first-order valence-corrected chi connectivity index (χ1v) is 6.64. The van der Waals surface area contributed by atoms with Gasteiger partial charge >= 0.3 is 5.97 Å². The van der Waals surface area contributed by atoms with Gasteiger partial charge in [-0.15, -0.1) is 0 Å². The minimum atomic E-state index is -1.05. The zero-order valence-corrected chi connectivity index (χ0v) is 12.1.